The summed E-state index contributed by atoms with van der Waals surface area (Å²) in [7, 11) is 2.02. The molecule has 108 valence electrons. The van der Waals surface area contributed by atoms with Gasteiger partial charge in [-0.1, -0.05) is 6.92 Å². The Morgan fingerprint density at radius 1 is 1.37 bits per heavy atom. The molecular formula is C14H24N2O3. The van der Waals surface area contributed by atoms with Gasteiger partial charge in [-0.3, -0.25) is 4.79 Å². The number of fused-ring (bicyclic) bond motifs is 1. The number of rotatable bonds is 1. The Bertz CT molecular complexity index is 389. The molecule has 19 heavy (non-hydrogen) atoms. The van der Waals surface area contributed by atoms with Crippen molar-refractivity contribution in [2.75, 3.05) is 20.1 Å². The van der Waals surface area contributed by atoms with Crippen LogP contribution < -0.4 is 0 Å². The van der Waals surface area contributed by atoms with Gasteiger partial charge in [0.05, 0.1) is 5.92 Å². The van der Waals surface area contributed by atoms with Crippen molar-refractivity contribution in [3.63, 3.8) is 0 Å². The van der Waals surface area contributed by atoms with Crippen molar-refractivity contribution in [3.05, 3.63) is 0 Å². The third kappa shape index (κ3) is 2.61. The van der Waals surface area contributed by atoms with Crippen molar-refractivity contribution in [2.45, 2.75) is 45.8 Å². The first kappa shape index (κ1) is 14.3. The smallest absolute Gasteiger partial charge is 0.417 e. The van der Waals surface area contributed by atoms with Crippen molar-refractivity contribution in [1.29, 1.82) is 0 Å². The zero-order valence-electron chi connectivity index (χ0n) is 12.5. The molecule has 0 aromatic rings. The predicted octanol–water partition coefficient (Wildman–Crippen LogP) is 1.72. The normalized spacial score (nSPS) is 31.7. The molecule has 0 aromatic heterocycles. The molecule has 0 aromatic carbocycles. The summed E-state index contributed by atoms with van der Waals surface area (Å²) in [6.07, 6.45) is 0.307. The fourth-order valence-corrected chi connectivity index (χ4v) is 3.24. The first-order chi connectivity index (χ1) is 8.74. The summed E-state index contributed by atoms with van der Waals surface area (Å²) in [5.41, 5.74) is -0.565. The van der Waals surface area contributed by atoms with E-state index in [0.29, 0.717) is 0 Å². The first-order valence-corrected chi connectivity index (χ1v) is 6.99. The monoisotopic (exact) mass is 268 g/mol. The van der Waals surface area contributed by atoms with E-state index in [1.165, 1.54) is 4.90 Å². The number of ether oxygens (including phenoxy) is 1. The van der Waals surface area contributed by atoms with Crippen LogP contribution in [0.5, 0.6) is 0 Å². The van der Waals surface area contributed by atoms with E-state index < -0.39 is 11.7 Å². The quantitative estimate of drug-likeness (QED) is 0.726. The Balaban J connectivity index is 2.17. The summed E-state index contributed by atoms with van der Waals surface area (Å²) in [5.74, 6) is 0.160. The zero-order chi connectivity index (χ0) is 14.4. The molecule has 3 atom stereocenters. The molecule has 0 radical (unpaired) electrons. The fraction of sp³-hybridized carbons (Fsp3) is 0.857. The van der Waals surface area contributed by atoms with Gasteiger partial charge < -0.3 is 9.64 Å². The lowest BCUT2D eigenvalue weighted by Crippen LogP contribution is -2.45. The Morgan fingerprint density at radius 3 is 2.53 bits per heavy atom. The molecule has 0 aliphatic carbocycles. The second kappa shape index (κ2) is 4.78. The minimum absolute atomic E-state index is 0.0164. The van der Waals surface area contributed by atoms with E-state index >= 15 is 0 Å². The van der Waals surface area contributed by atoms with Crippen LogP contribution in [0.2, 0.25) is 0 Å². The van der Waals surface area contributed by atoms with Gasteiger partial charge >= 0.3 is 6.09 Å². The summed E-state index contributed by atoms with van der Waals surface area (Å²) >= 11 is 0. The number of imide groups is 1. The van der Waals surface area contributed by atoms with Crippen LogP contribution in [-0.4, -0.2) is 53.6 Å². The molecule has 2 saturated heterocycles. The highest BCUT2D eigenvalue weighted by atomic mass is 16.6. The average Bonchev–Trinajstić information content (AvgIpc) is 2.73. The van der Waals surface area contributed by atoms with Gasteiger partial charge in [0.2, 0.25) is 5.91 Å². The van der Waals surface area contributed by atoms with Gasteiger partial charge in [0, 0.05) is 25.0 Å². The van der Waals surface area contributed by atoms with E-state index in [-0.39, 0.29) is 23.8 Å². The number of amides is 2. The lowest BCUT2D eigenvalue weighted by Gasteiger charge is -2.29. The average molecular weight is 268 g/mol. The maximum Gasteiger partial charge on any atom is 0.417 e. The number of carbonyl (C=O) groups is 2. The summed E-state index contributed by atoms with van der Waals surface area (Å²) in [6, 6.07) is -0.0164. The maximum atomic E-state index is 12.4. The molecule has 2 heterocycles. The van der Waals surface area contributed by atoms with Crippen LogP contribution in [0.1, 0.15) is 34.1 Å². The molecule has 2 rings (SSSR count). The molecule has 2 amide bonds. The van der Waals surface area contributed by atoms with Gasteiger partial charge in [-0.2, -0.15) is 0 Å². The summed E-state index contributed by atoms with van der Waals surface area (Å²) in [6.45, 7) is 9.12. The van der Waals surface area contributed by atoms with Crippen molar-refractivity contribution in [1.82, 2.24) is 9.80 Å². The number of carbonyl (C=O) groups excluding carboxylic acids is 2. The van der Waals surface area contributed by atoms with E-state index in [1.807, 2.05) is 34.7 Å². The number of likely N-dealkylation sites (tertiary alicyclic amines) is 2. The topological polar surface area (TPSA) is 49.9 Å². The lowest BCUT2D eigenvalue weighted by molar-refractivity contribution is -0.131. The van der Waals surface area contributed by atoms with E-state index in [1.54, 1.807) is 0 Å². The van der Waals surface area contributed by atoms with Gasteiger partial charge in [-0.05, 0) is 34.2 Å². The summed E-state index contributed by atoms with van der Waals surface area (Å²) in [4.78, 5) is 28.2. The van der Waals surface area contributed by atoms with Gasteiger partial charge in [0.1, 0.15) is 5.60 Å². The standard InChI is InChI=1S/C14H24N2O3/c1-6-11-9-7-15(5)8-10(9)12(17)16(11)13(18)19-14(2,3)4/h9-11H,6-8H2,1-5H3. The van der Waals surface area contributed by atoms with Crippen LogP contribution in [0.3, 0.4) is 0 Å². The Hall–Kier alpha value is -1.10. The summed E-state index contributed by atoms with van der Waals surface area (Å²) in [5, 5.41) is 0. The molecular weight excluding hydrogens is 244 g/mol. The predicted molar refractivity (Wildman–Crippen MR) is 71.6 cm³/mol. The molecule has 2 aliphatic heterocycles. The third-order valence-corrected chi connectivity index (χ3v) is 3.94. The molecule has 0 spiro atoms. The fourth-order valence-electron chi connectivity index (χ4n) is 3.24. The number of hydrogen-bond donors (Lipinski definition) is 0. The largest absolute Gasteiger partial charge is 0.443 e. The van der Waals surface area contributed by atoms with Crippen molar-refractivity contribution >= 4 is 12.0 Å². The highest BCUT2D eigenvalue weighted by molar-refractivity contribution is 5.96. The highest BCUT2D eigenvalue weighted by Gasteiger charge is 2.53. The van der Waals surface area contributed by atoms with E-state index in [9.17, 15) is 9.59 Å². The Kier molecular flexibility index (Phi) is 3.60. The van der Waals surface area contributed by atoms with Gasteiger partial charge in [-0.15, -0.1) is 0 Å². The molecule has 5 heteroatoms. The molecule has 3 unspecified atom stereocenters. The molecule has 2 aliphatic rings. The Labute approximate surface area is 114 Å². The SMILES string of the molecule is CCC1C2CN(C)CC2C(=O)N1C(=O)OC(C)(C)C. The van der Waals surface area contributed by atoms with Crippen molar-refractivity contribution in [3.8, 4) is 0 Å². The maximum absolute atomic E-state index is 12.4. The zero-order valence-corrected chi connectivity index (χ0v) is 12.5. The highest BCUT2D eigenvalue weighted by Crippen LogP contribution is 2.38. The Morgan fingerprint density at radius 2 is 2.00 bits per heavy atom. The third-order valence-electron chi connectivity index (χ3n) is 3.94. The van der Waals surface area contributed by atoms with Crippen LogP contribution in [0, 0.1) is 11.8 Å². The molecule has 2 fully saturated rings. The first-order valence-electron chi connectivity index (χ1n) is 6.99. The van der Waals surface area contributed by atoms with Gasteiger partial charge in [-0.25, -0.2) is 9.69 Å². The van der Waals surface area contributed by atoms with Crippen LogP contribution >= 0.6 is 0 Å². The molecule has 5 nitrogen and oxygen atoms in total. The number of hydrogen-bond acceptors (Lipinski definition) is 4. The molecule has 0 bridgehead atoms. The van der Waals surface area contributed by atoms with Crippen molar-refractivity contribution in [2.24, 2.45) is 11.8 Å². The van der Waals surface area contributed by atoms with Crippen LogP contribution in [0.15, 0.2) is 0 Å². The van der Waals surface area contributed by atoms with Gasteiger partial charge in [0.25, 0.3) is 0 Å². The minimum atomic E-state index is -0.565. The van der Waals surface area contributed by atoms with E-state index in [0.717, 1.165) is 19.5 Å². The molecule has 0 N–H and O–H groups in total. The minimum Gasteiger partial charge on any atom is -0.443 e. The van der Waals surface area contributed by atoms with E-state index in [4.69, 9.17) is 4.74 Å². The number of nitrogens with zero attached hydrogens (tertiary/aromatic N) is 2. The van der Waals surface area contributed by atoms with Gasteiger partial charge in [0.15, 0.2) is 0 Å². The van der Waals surface area contributed by atoms with Crippen LogP contribution in [-0.2, 0) is 9.53 Å². The van der Waals surface area contributed by atoms with E-state index in [2.05, 4.69) is 4.90 Å². The van der Waals surface area contributed by atoms with Crippen molar-refractivity contribution < 1.29 is 14.3 Å². The summed E-state index contributed by atoms with van der Waals surface area (Å²) < 4.78 is 5.37. The second-order valence-electron chi connectivity index (χ2n) is 6.66. The molecule has 0 saturated carbocycles. The lowest BCUT2D eigenvalue weighted by atomic mass is 9.92. The van der Waals surface area contributed by atoms with Crippen LogP contribution in [0.25, 0.3) is 0 Å². The second-order valence-corrected chi connectivity index (χ2v) is 6.66. The van der Waals surface area contributed by atoms with Crippen LogP contribution in [0.4, 0.5) is 4.79 Å².